The van der Waals surface area contributed by atoms with Gasteiger partial charge >= 0.3 is 0 Å². The summed E-state index contributed by atoms with van der Waals surface area (Å²) >= 11 is 0. The summed E-state index contributed by atoms with van der Waals surface area (Å²) in [5, 5.41) is 3.57. The van der Waals surface area contributed by atoms with Crippen molar-refractivity contribution in [2.45, 2.75) is 33.4 Å². The summed E-state index contributed by atoms with van der Waals surface area (Å²) < 4.78 is 5.45. The van der Waals surface area contributed by atoms with Crippen molar-refractivity contribution in [3.8, 4) is 5.75 Å². The lowest BCUT2D eigenvalue weighted by atomic mass is 10.0. The average Bonchev–Trinajstić information content (AvgIpc) is 2.47. The van der Waals surface area contributed by atoms with Crippen LogP contribution in [0, 0.1) is 6.92 Å². The Kier molecular flexibility index (Phi) is 5.19. The monoisotopic (exact) mass is 269 g/mol. The molecular weight excluding hydrogens is 246 g/mol. The third kappa shape index (κ3) is 3.84. The van der Waals surface area contributed by atoms with Crippen LogP contribution in [-0.2, 0) is 6.54 Å². The predicted octanol–water partition coefficient (Wildman–Crippen LogP) is 4.24. The summed E-state index contributed by atoms with van der Waals surface area (Å²) in [6.45, 7) is 7.93. The Bertz CT molecular complexity index is 533. The zero-order valence-electron chi connectivity index (χ0n) is 12.5. The van der Waals surface area contributed by atoms with Crippen molar-refractivity contribution in [2.24, 2.45) is 0 Å². The van der Waals surface area contributed by atoms with E-state index in [9.17, 15) is 0 Å². The lowest BCUT2D eigenvalue weighted by molar-refractivity contribution is 0.340. The minimum atomic E-state index is 0.350. The fraction of sp³-hybridized carbons (Fsp3) is 0.333. The summed E-state index contributed by atoms with van der Waals surface area (Å²) in [6.07, 6.45) is 0. The zero-order chi connectivity index (χ0) is 14.4. The molecule has 0 heterocycles. The second-order valence-corrected chi connectivity index (χ2v) is 5.04. The third-order valence-electron chi connectivity index (χ3n) is 3.50. The molecule has 0 saturated carbocycles. The lowest BCUT2D eigenvalue weighted by Crippen LogP contribution is -2.18. The lowest BCUT2D eigenvalue weighted by Gasteiger charge is -2.16. The Labute approximate surface area is 121 Å². The minimum absolute atomic E-state index is 0.350. The smallest absolute Gasteiger partial charge is 0.119 e. The zero-order valence-corrected chi connectivity index (χ0v) is 12.5. The SMILES string of the molecule is CCOc1ccc(CN[C@H](C)c2ccccc2C)cc1. The Hall–Kier alpha value is -1.80. The number of hydrogen-bond donors (Lipinski definition) is 1. The number of ether oxygens (including phenoxy) is 1. The molecule has 20 heavy (non-hydrogen) atoms. The largest absolute Gasteiger partial charge is 0.494 e. The van der Waals surface area contributed by atoms with Crippen molar-refractivity contribution in [2.75, 3.05) is 6.61 Å². The molecule has 0 amide bonds. The van der Waals surface area contributed by atoms with Crippen LogP contribution in [0.1, 0.15) is 36.6 Å². The maximum Gasteiger partial charge on any atom is 0.119 e. The van der Waals surface area contributed by atoms with Gasteiger partial charge < -0.3 is 10.1 Å². The Morgan fingerprint density at radius 1 is 1.05 bits per heavy atom. The molecule has 106 valence electrons. The molecule has 1 atom stereocenters. The quantitative estimate of drug-likeness (QED) is 0.846. The van der Waals surface area contributed by atoms with E-state index in [0.29, 0.717) is 12.6 Å². The molecule has 1 N–H and O–H groups in total. The van der Waals surface area contributed by atoms with Crippen LogP contribution >= 0.6 is 0 Å². The van der Waals surface area contributed by atoms with Gasteiger partial charge in [0.05, 0.1) is 6.61 Å². The summed E-state index contributed by atoms with van der Waals surface area (Å²) in [5.41, 5.74) is 3.96. The van der Waals surface area contributed by atoms with Crippen LogP contribution < -0.4 is 10.1 Å². The Balaban J connectivity index is 1.93. The van der Waals surface area contributed by atoms with E-state index in [4.69, 9.17) is 4.74 Å². The van der Waals surface area contributed by atoms with E-state index in [1.807, 2.05) is 19.1 Å². The molecule has 0 aliphatic heterocycles. The van der Waals surface area contributed by atoms with Crippen LogP contribution in [0.25, 0.3) is 0 Å². The van der Waals surface area contributed by atoms with E-state index in [0.717, 1.165) is 12.3 Å². The van der Waals surface area contributed by atoms with Crippen LogP contribution in [0.4, 0.5) is 0 Å². The fourth-order valence-corrected chi connectivity index (χ4v) is 2.32. The molecule has 0 bridgehead atoms. The van der Waals surface area contributed by atoms with E-state index in [1.54, 1.807) is 0 Å². The standard InChI is InChI=1S/C18H23NO/c1-4-20-17-11-9-16(10-12-17)13-19-15(3)18-8-6-5-7-14(18)2/h5-12,15,19H,4,13H2,1-3H3/t15-/m1/s1. The molecule has 0 saturated heterocycles. The Morgan fingerprint density at radius 3 is 2.40 bits per heavy atom. The number of aryl methyl sites for hydroxylation is 1. The second kappa shape index (κ2) is 7.11. The van der Waals surface area contributed by atoms with E-state index in [2.05, 4.69) is 55.6 Å². The first-order valence-electron chi connectivity index (χ1n) is 7.21. The molecule has 0 aliphatic rings. The number of rotatable bonds is 6. The molecule has 2 rings (SSSR count). The molecule has 2 aromatic carbocycles. The van der Waals surface area contributed by atoms with E-state index in [-0.39, 0.29) is 0 Å². The first-order valence-corrected chi connectivity index (χ1v) is 7.21. The highest BCUT2D eigenvalue weighted by atomic mass is 16.5. The van der Waals surface area contributed by atoms with Gasteiger partial charge in [0.2, 0.25) is 0 Å². The van der Waals surface area contributed by atoms with Gasteiger partial charge in [-0.2, -0.15) is 0 Å². The van der Waals surface area contributed by atoms with Gasteiger partial charge in [-0.15, -0.1) is 0 Å². The highest BCUT2D eigenvalue weighted by Gasteiger charge is 2.07. The molecular formula is C18H23NO. The van der Waals surface area contributed by atoms with Gasteiger partial charge in [0, 0.05) is 12.6 Å². The third-order valence-corrected chi connectivity index (χ3v) is 3.50. The molecule has 0 spiro atoms. The second-order valence-electron chi connectivity index (χ2n) is 5.04. The molecule has 0 unspecified atom stereocenters. The van der Waals surface area contributed by atoms with E-state index < -0.39 is 0 Å². The fourth-order valence-electron chi connectivity index (χ4n) is 2.32. The average molecular weight is 269 g/mol. The minimum Gasteiger partial charge on any atom is -0.494 e. The van der Waals surface area contributed by atoms with Gasteiger partial charge in [-0.05, 0) is 49.6 Å². The molecule has 0 fully saturated rings. The summed E-state index contributed by atoms with van der Waals surface area (Å²) in [5.74, 6) is 0.934. The van der Waals surface area contributed by atoms with Gasteiger partial charge in [0.15, 0.2) is 0 Å². The van der Waals surface area contributed by atoms with Crippen molar-refractivity contribution in [3.63, 3.8) is 0 Å². The highest BCUT2D eigenvalue weighted by Crippen LogP contribution is 2.18. The van der Waals surface area contributed by atoms with Crippen LogP contribution in [0.3, 0.4) is 0 Å². The van der Waals surface area contributed by atoms with Gasteiger partial charge in [-0.1, -0.05) is 36.4 Å². The normalized spacial score (nSPS) is 12.2. The Morgan fingerprint density at radius 2 is 1.75 bits per heavy atom. The van der Waals surface area contributed by atoms with Crippen molar-refractivity contribution >= 4 is 0 Å². The molecule has 0 aliphatic carbocycles. The highest BCUT2D eigenvalue weighted by molar-refractivity contribution is 5.29. The topological polar surface area (TPSA) is 21.3 Å². The van der Waals surface area contributed by atoms with Crippen molar-refractivity contribution in [1.29, 1.82) is 0 Å². The molecule has 0 radical (unpaired) electrons. The van der Waals surface area contributed by atoms with Gasteiger partial charge in [-0.3, -0.25) is 0 Å². The summed E-state index contributed by atoms with van der Waals surface area (Å²) in [7, 11) is 0. The number of benzene rings is 2. The van der Waals surface area contributed by atoms with Gasteiger partial charge in [0.1, 0.15) is 5.75 Å². The molecule has 2 heteroatoms. The van der Waals surface area contributed by atoms with Gasteiger partial charge in [0.25, 0.3) is 0 Å². The summed E-state index contributed by atoms with van der Waals surface area (Å²) in [4.78, 5) is 0. The van der Waals surface area contributed by atoms with Crippen LogP contribution in [-0.4, -0.2) is 6.61 Å². The maximum absolute atomic E-state index is 5.45. The van der Waals surface area contributed by atoms with Crippen LogP contribution in [0.2, 0.25) is 0 Å². The first-order chi connectivity index (χ1) is 9.70. The predicted molar refractivity (Wildman–Crippen MR) is 84.0 cm³/mol. The summed E-state index contributed by atoms with van der Waals surface area (Å²) in [6, 6.07) is 17.1. The van der Waals surface area contributed by atoms with Crippen LogP contribution in [0.5, 0.6) is 5.75 Å². The van der Waals surface area contributed by atoms with Crippen molar-refractivity contribution in [1.82, 2.24) is 5.32 Å². The van der Waals surface area contributed by atoms with Crippen molar-refractivity contribution in [3.05, 3.63) is 65.2 Å². The van der Waals surface area contributed by atoms with Crippen LogP contribution in [0.15, 0.2) is 48.5 Å². The molecule has 2 aromatic rings. The van der Waals surface area contributed by atoms with E-state index >= 15 is 0 Å². The van der Waals surface area contributed by atoms with Gasteiger partial charge in [-0.25, -0.2) is 0 Å². The maximum atomic E-state index is 5.45. The molecule has 0 aromatic heterocycles. The number of hydrogen-bond acceptors (Lipinski definition) is 2. The number of nitrogens with one attached hydrogen (secondary N) is 1. The van der Waals surface area contributed by atoms with Crippen molar-refractivity contribution < 1.29 is 4.74 Å². The van der Waals surface area contributed by atoms with E-state index in [1.165, 1.54) is 16.7 Å². The first kappa shape index (κ1) is 14.6. The molecule has 2 nitrogen and oxygen atoms in total.